The Morgan fingerprint density at radius 2 is 1.72 bits per heavy atom. The molecule has 1 amide bonds. The van der Waals surface area contributed by atoms with Crippen LogP contribution in [0.3, 0.4) is 0 Å². The average Bonchev–Trinajstić information content (AvgIpc) is 3.17. The zero-order chi connectivity index (χ0) is 23.0. The van der Waals surface area contributed by atoms with Crippen molar-refractivity contribution in [1.82, 2.24) is 5.32 Å². The third kappa shape index (κ3) is 3.47. The molecule has 4 aromatic rings. The van der Waals surface area contributed by atoms with Gasteiger partial charge in [-0.2, -0.15) is 0 Å². The van der Waals surface area contributed by atoms with Crippen molar-refractivity contribution in [3.05, 3.63) is 77.1 Å². The van der Waals surface area contributed by atoms with Crippen LogP contribution in [-0.2, 0) is 0 Å². The zero-order valence-corrected chi connectivity index (χ0v) is 17.7. The summed E-state index contributed by atoms with van der Waals surface area (Å²) in [6, 6.07) is 14.2. The van der Waals surface area contributed by atoms with Crippen LogP contribution >= 0.6 is 0 Å². The molecule has 0 saturated carbocycles. The topological polar surface area (TPSA) is 88.8 Å². The number of carbonyl (C=O) groups excluding carboxylic acids is 1. The van der Waals surface area contributed by atoms with E-state index >= 15 is 0 Å². The Morgan fingerprint density at radius 1 is 1.03 bits per heavy atom. The lowest BCUT2D eigenvalue weighted by Crippen LogP contribution is -2.18. The summed E-state index contributed by atoms with van der Waals surface area (Å²) in [7, 11) is 2.94. The smallest absolute Gasteiger partial charge is 0.339 e. The summed E-state index contributed by atoms with van der Waals surface area (Å²) in [5.74, 6) is -1.30. The van der Waals surface area contributed by atoms with Gasteiger partial charge in [0.25, 0.3) is 5.91 Å². The molecule has 0 spiro atoms. The van der Waals surface area contributed by atoms with E-state index in [-0.39, 0.29) is 17.2 Å². The van der Waals surface area contributed by atoms with Crippen LogP contribution in [0.4, 0.5) is 4.39 Å². The second kappa shape index (κ2) is 8.19. The van der Waals surface area contributed by atoms with Crippen LogP contribution < -0.4 is 10.1 Å². The zero-order valence-electron chi connectivity index (χ0n) is 17.7. The number of methoxy groups -OCH3 is 1. The third-order valence-corrected chi connectivity index (χ3v) is 5.34. The fourth-order valence-electron chi connectivity index (χ4n) is 3.83. The summed E-state index contributed by atoms with van der Waals surface area (Å²) in [6.45, 7) is 1.85. The van der Waals surface area contributed by atoms with E-state index < -0.39 is 11.8 Å². The van der Waals surface area contributed by atoms with Gasteiger partial charge < -0.3 is 19.6 Å². The molecular weight excluding hydrogens is 413 g/mol. The average molecular weight is 433 g/mol. The number of furan rings is 1. The van der Waals surface area contributed by atoms with Gasteiger partial charge in [-0.05, 0) is 60.5 Å². The highest BCUT2D eigenvalue weighted by atomic mass is 19.1. The Hall–Kier alpha value is -4.13. The molecule has 0 aliphatic rings. The van der Waals surface area contributed by atoms with Crippen molar-refractivity contribution < 1.29 is 28.2 Å². The van der Waals surface area contributed by atoms with Crippen molar-refractivity contribution in [3.63, 3.8) is 0 Å². The van der Waals surface area contributed by atoms with E-state index in [1.54, 1.807) is 36.4 Å². The molecule has 32 heavy (non-hydrogen) atoms. The number of fused-ring (bicyclic) bond motifs is 1. The molecule has 162 valence electrons. The van der Waals surface area contributed by atoms with Gasteiger partial charge in [0.1, 0.15) is 28.5 Å². The number of hydrogen-bond donors (Lipinski definition) is 2. The van der Waals surface area contributed by atoms with Crippen molar-refractivity contribution in [3.8, 4) is 28.2 Å². The molecule has 1 heterocycles. The summed E-state index contributed by atoms with van der Waals surface area (Å²) in [5, 5.41) is 12.7. The number of carboxylic acid groups (broad SMARTS) is 1. The van der Waals surface area contributed by atoms with E-state index in [1.165, 1.54) is 32.4 Å². The first kappa shape index (κ1) is 21.1. The predicted molar refractivity (Wildman–Crippen MR) is 119 cm³/mol. The lowest BCUT2D eigenvalue weighted by atomic mass is 9.94. The Kier molecular flexibility index (Phi) is 5.40. The first-order chi connectivity index (χ1) is 15.3. The van der Waals surface area contributed by atoms with E-state index in [4.69, 9.17) is 9.15 Å². The van der Waals surface area contributed by atoms with Gasteiger partial charge in [-0.1, -0.05) is 12.1 Å². The number of carboxylic acids is 1. The highest BCUT2D eigenvalue weighted by Crippen LogP contribution is 2.40. The SMILES string of the molecule is CNC(=O)c1c(-c2ccc(F)cc2)oc2ccc(-c3c(C)ccc(C(=O)O)c3OC)cc12. The largest absolute Gasteiger partial charge is 0.495 e. The van der Waals surface area contributed by atoms with Crippen LogP contribution in [0.2, 0.25) is 0 Å². The van der Waals surface area contributed by atoms with E-state index in [2.05, 4.69) is 5.32 Å². The molecule has 0 bridgehead atoms. The molecule has 0 radical (unpaired) electrons. The van der Waals surface area contributed by atoms with Crippen LogP contribution in [0, 0.1) is 12.7 Å². The number of rotatable bonds is 5. The number of aryl methyl sites for hydroxylation is 1. The molecule has 7 heteroatoms. The molecule has 1 aromatic heterocycles. The molecule has 4 rings (SSSR count). The normalized spacial score (nSPS) is 10.9. The Morgan fingerprint density at radius 3 is 2.34 bits per heavy atom. The van der Waals surface area contributed by atoms with Crippen molar-refractivity contribution in [2.45, 2.75) is 6.92 Å². The quantitative estimate of drug-likeness (QED) is 0.447. The number of nitrogens with one attached hydrogen (secondary N) is 1. The number of aromatic carboxylic acids is 1. The van der Waals surface area contributed by atoms with Crippen LogP contribution in [0.5, 0.6) is 5.75 Å². The molecule has 0 saturated heterocycles. The van der Waals surface area contributed by atoms with Gasteiger partial charge in [0.2, 0.25) is 0 Å². The number of ether oxygens (including phenoxy) is 1. The summed E-state index contributed by atoms with van der Waals surface area (Å²) in [4.78, 5) is 24.5. The minimum absolute atomic E-state index is 0.0407. The number of halogens is 1. The highest BCUT2D eigenvalue weighted by molar-refractivity contribution is 6.12. The van der Waals surface area contributed by atoms with Gasteiger partial charge >= 0.3 is 5.97 Å². The maximum Gasteiger partial charge on any atom is 0.339 e. The molecular formula is C25H20FNO5. The van der Waals surface area contributed by atoms with E-state index in [0.717, 1.165) is 5.56 Å². The van der Waals surface area contributed by atoms with Gasteiger partial charge in [-0.25, -0.2) is 9.18 Å². The van der Waals surface area contributed by atoms with Gasteiger partial charge in [-0.15, -0.1) is 0 Å². The fraction of sp³-hybridized carbons (Fsp3) is 0.120. The number of hydrogen-bond acceptors (Lipinski definition) is 4. The van der Waals surface area contributed by atoms with Crippen LogP contribution in [0.1, 0.15) is 26.3 Å². The van der Waals surface area contributed by atoms with Gasteiger partial charge in [0, 0.05) is 23.6 Å². The lowest BCUT2D eigenvalue weighted by Gasteiger charge is -2.14. The van der Waals surface area contributed by atoms with Crippen molar-refractivity contribution in [1.29, 1.82) is 0 Å². The standard InChI is InChI=1S/C25H20FNO5/c1-13-4-10-17(25(29)30)23(31-3)20(13)15-7-11-19-18(12-15)21(24(28)27-2)22(32-19)14-5-8-16(26)9-6-14/h4-12H,1-3H3,(H,27,28)(H,29,30). The number of carbonyl (C=O) groups is 2. The second-order valence-corrected chi connectivity index (χ2v) is 7.25. The van der Waals surface area contributed by atoms with Gasteiger partial charge in [0.15, 0.2) is 0 Å². The number of benzene rings is 3. The lowest BCUT2D eigenvalue weighted by molar-refractivity contribution is 0.0693. The molecule has 0 aliphatic carbocycles. The number of amides is 1. The fourth-order valence-corrected chi connectivity index (χ4v) is 3.83. The van der Waals surface area contributed by atoms with Crippen molar-refractivity contribution >= 4 is 22.8 Å². The molecule has 6 nitrogen and oxygen atoms in total. The molecule has 0 fully saturated rings. The first-order valence-electron chi connectivity index (χ1n) is 9.81. The molecule has 0 unspecified atom stereocenters. The van der Waals surface area contributed by atoms with Crippen molar-refractivity contribution in [2.24, 2.45) is 0 Å². The molecule has 0 atom stereocenters. The molecule has 0 aliphatic heterocycles. The van der Waals surface area contributed by atoms with Crippen LogP contribution in [-0.4, -0.2) is 31.1 Å². The van der Waals surface area contributed by atoms with Gasteiger partial charge in [-0.3, -0.25) is 4.79 Å². The minimum atomic E-state index is -1.10. The Labute approximate surface area is 183 Å². The van der Waals surface area contributed by atoms with Crippen LogP contribution in [0.25, 0.3) is 33.4 Å². The van der Waals surface area contributed by atoms with E-state index in [1.807, 2.05) is 6.92 Å². The highest BCUT2D eigenvalue weighted by Gasteiger charge is 2.24. The Bertz CT molecular complexity index is 1360. The van der Waals surface area contributed by atoms with Gasteiger partial charge in [0.05, 0.1) is 12.7 Å². The predicted octanol–water partition coefficient (Wildman–Crippen LogP) is 5.28. The minimum Gasteiger partial charge on any atom is -0.495 e. The second-order valence-electron chi connectivity index (χ2n) is 7.25. The maximum absolute atomic E-state index is 13.4. The first-order valence-corrected chi connectivity index (χ1v) is 9.81. The summed E-state index contributed by atoms with van der Waals surface area (Å²) >= 11 is 0. The Balaban J connectivity index is 2.00. The summed E-state index contributed by atoms with van der Waals surface area (Å²) in [6.07, 6.45) is 0. The van der Waals surface area contributed by atoms with E-state index in [9.17, 15) is 19.1 Å². The van der Waals surface area contributed by atoms with Crippen molar-refractivity contribution in [2.75, 3.05) is 14.2 Å². The molecule has 2 N–H and O–H groups in total. The third-order valence-electron chi connectivity index (χ3n) is 5.34. The van der Waals surface area contributed by atoms with E-state index in [0.29, 0.717) is 39.0 Å². The monoisotopic (exact) mass is 433 g/mol. The van der Waals surface area contributed by atoms with Crippen LogP contribution in [0.15, 0.2) is 59.0 Å². The summed E-state index contributed by atoms with van der Waals surface area (Å²) < 4.78 is 24.8. The maximum atomic E-state index is 13.4. The summed E-state index contributed by atoms with van der Waals surface area (Å²) in [5.41, 5.74) is 3.48. The molecule has 3 aromatic carbocycles.